The number of aromatic nitrogens is 1. The molecule has 1 saturated heterocycles. The Kier molecular flexibility index (Phi) is 8.09. The number of ether oxygens (including phenoxy) is 1. The summed E-state index contributed by atoms with van der Waals surface area (Å²) in [6.07, 6.45) is 0.134. The second-order valence-corrected chi connectivity index (χ2v) is 8.36. The van der Waals surface area contributed by atoms with Gasteiger partial charge in [0.1, 0.15) is 29.4 Å². The van der Waals surface area contributed by atoms with Gasteiger partial charge in [0.2, 0.25) is 0 Å². The number of aliphatic hydroxyl groups excluding tert-OH is 3. The van der Waals surface area contributed by atoms with E-state index in [9.17, 15) is 28.5 Å². The van der Waals surface area contributed by atoms with Gasteiger partial charge in [-0.25, -0.2) is 18.7 Å². The lowest BCUT2D eigenvalue weighted by Crippen LogP contribution is -2.61. The number of rotatable bonds is 7. The maximum atomic E-state index is 13.5. The van der Waals surface area contributed by atoms with Gasteiger partial charge >= 0.3 is 0 Å². The predicted molar refractivity (Wildman–Crippen MR) is 109 cm³/mol. The van der Waals surface area contributed by atoms with Gasteiger partial charge in [0.25, 0.3) is 0 Å². The van der Waals surface area contributed by atoms with Crippen molar-refractivity contribution < 1.29 is 33.2 Å². The Morgan fingerprint density at radius 3 is 2.50 bits per heavy atom. The summed E-state index contributed by atoms with van der Waals surface area (Å²) < 4.78 is 45.8. The molecular weight excluding hydrogens is 473 g/mol. The number of hydrogen-bond donors (Lipinski definition) is 5. The third-order valence-electron chi connectivity index (χ3n) is 4.63. The molecule has 1 aromatic heterocycles. The van der Waals surface area contributed by atoms with Gasteiger partial charge in [-0.1, -0.05) is 23.4 Å². The molecule has 3 rings (SSSR count). The van der Waals surface area contributed by atoms with Gasteiger partial charge in [-0.3, -0.25) is 4.98 Å². The Balaban J connectivity index is 1.84. The lowest BCUT2D eigenvalue weighted by molar-refractivity contribution is -0.164. The molecule has 0 radical (unpaired) electrons. The first-order chi connectivity index (χ1) is 15.2. The summed E-state index contributed by atoms with van der Waals surface area (Å²) in [7, 11) is 0. The molecule has 1 aromatic carbocycles. The molecule has 0 aliphatic carbocycles. The van der Waals surface area contributed by atoms with Crippen LogP contribution in [0.25, 0.3) is 5.70 Å². The van der Waals surface area contributed by atoms with Crippen LogP contribution in [0.15, 0.2) is 46.8 Å². The Labute approximate surface area is 189 Å². The summed E-state index contributed by atoms with van der Waals surface area (Å²) in [5.74, 6) is -4.59. The van der Waals surface area contributed by atoms with Crippen LogP contribution < -0.4 is 5.32 Å². The number of hydrogen-bond acceptors (Lipinski definition) is 9. The first-order valence-corrected chi connectivity index (χ1v) is 10.4. The quantitative estimate of drug-likeness (QED) is 0.298. The first kappa shape index (κ1) is 24.4. The normalized spacial score (nSPS) is 26.1. The van der Waals surface area contributed by atoms with E-state index in [-0.39, 0.29) is 11.3 Å². The number of pyridine rings is 1. The van der Waals surface area contributed by atoms with Crippen molar-refractivity contribution >= 4 is 29.1 Å². The van der Waals surface area contributed by atoms with Crippen LogP contribution in [0.1, 0.15) is 5.56 Å². The lowest BCUT2D eigenvalue weighted by atomic mass is 9.97. The average Bonchev–Trinajstić information content (AvgIpc) is 2.76. The largest absolute Gasteiger partial charge is 0.394 e. The van der Waals surface area contributed by atoms with Crippen molar-refractivity contribution in [1.82, 2.24) is 10.3 Å². The van der Waals surface area contributed by atoms with E-state index in [4.69, 9.17) is 21.9 Å². The molecule has 0 saturated carbocycles. The molecule has 2 heterocycles. The minimum absolute atomic E-state index is 0.241. The maximum absolute atomic E-state index is 13.5. The highest BCUT2D eigenvalue weighted by molar-refractivity contribution is 7.99. The molecule has 8 nitrogen and oxygen atoms in total. The van der Waals surface area contributed by atoms with E-state index < -0.39 is 53.8 Å². The molecule has 2 aromatic rings. The van der Waals surface area contributed by atoms with Crippen LogP contribution in [0, 0.1) is 23.0 Å². The lowest BCUT2D eigenvalue weighted by Gasteiger charge is -2.42. The van der Waals surface area contributed by atoms with E-state index in [0.717, 1.165) is 18.0 Å². The third kappa shape index (κ3) is 5.39. The molecular formula is C19H18ClF3N4O4S. The van der Waals surface area contributed by atoms with E-state index in [2.05, 4.69) is 15.4 Å². The van der Waals surface area contributed by atoms with Gasteiger partial charge in [-0.2, -0.15) is 5.11 Å². The monoisotopic (exact) mass is 490 g/mol. The number of nitrogens with zero attached hydrogens (tertiary/aromatic N) is 2. The second kappa shape index (κ2) is 10.6. The number of aliphatic hydroxyl groups is 3. The van der Waals surface area contributed by atoms with E-state index in [1.807, 2.05) is 0 Å². The van der Waals surface area contributed by atoms with Crippen molar-refractivity contribution in [3.05, 3.63) is 64.8 Å². The number of benzene rings is 1. The van der Waals surface area contributed by atoms with Crippen LogP contribution in [-0.4, -0.2) is 56.7 Å². The maximum Gasteiger partial charge on any atom is 0.194 e. The Hall–Kier alpha value is -2.22. The molecule has 172 valence electrons. The smallest absolute Gasteiger partial charge is 0.194 e. The number of halogens is 4. The Morgan fingerprint density at radius 2 is 1.91 bits per heavy atom. The standard InChI is InChI=1S/C19H18ClF3N4O4S/c20-9-3-10(5-25-4-9)32-19-18(30)16(17(29)14(7-28)31-19)26-6-13(27-24)8-1-11(21)15(23)12(22)2-8/h1-6,14,16-19,24,26,28-30H,7H2/b13-6-,27-24?/t14?,16?,17-,18?,19+/m0/s1. The molecule has 0 spiro atoms. The minimum atomic E-state index is -1.66. The highest BCUT2D eigenvalue weighted by Crippen LogP contribution is 2.34. The van der Waals surface area contributed by atoms with Crippen LogP contribution in [0.5, 0.6) is 0 Å². The van der Waals surface area contributed by atoms with Gasteiger partial charge in [-0.05, 0) is 18.2 Å². The second-order valence-electron chi connectivity index (χ2n) is 6.75. The summed E-state index contributed by atoms with van der Waals surface area (Å²) >= 11 is 6.96. The number of thioether (sulfide) groups is 1. The van der Waals surface area contributed by atoms with Crippen LogP contribution in [0.3, 0.4) is 0 Å². The highest BCUT2D eigenvalue weighted by Gasteiger charge is 2.44. The molecule has 13 heteroatoms. The van der Waals surface area contributed by atoms with Crippen molar-refractivity contribution in [2.24, 2.45) is 5.11 Å². The van der Waals surface area contributed by atoms with Crippen LogP contribution >= 0.6 is 23.4 Å². The molecule has 1 aliphatic heterocycles. The Bertz CT molecular complexity index is 995. The van der Waals surface area contributed by atoms with Gasteiger partial charge in [-0.15, -0.1) is 0 Å². The van der Waals surface area contributed by atoms with Gasteiger partial charge in [0.05, 0.1) is 17.7 Å². The van der Waals surface area contributed by atoms with Crippen molar-refractivity contribution in [2.45, 2.75) is 34.7 Å². The fraction of sp³-hybridized carbons (Fsp3) is 0.316. The zero-order chi connectivity index (χ0) is 23.4. The molecule has 5 N–H and O–H groups in total. The molecule has 0 amide bonds. The fourth-order valence-corrected chi connectivity index (χ4v) is 4.36. The van der Waals surface area contributed by atoms with Crippen molar-refractivity contribution in [3.63, 3.8) is 0 Å². The Morgan fingerprint density at radius 1 is 1.22 bits per heavy atom. The zero-order valence-electron chi connectivity index (χ0n) is 16.1. The van der Waals surface area contributed by atoms with Crippen LogP contribution in [0.2, 0.25) is 5.02 Å². The summed E-state index contributed by atoms with van der Waals surface area (Å²) in [5.41, 5.74) is 5.76. The molecule has 1 aliphatic rings. The summed E-state index contributed by atoms with van der Waals surface area (Å²) in [5, 5.41) is 37.0. The van der Waals surface area contributed by atoms with E-state index in [0.29, 0.717) is 22.1 Å². The molecule has 5 atom stereocenters. The fourth-order valence-electron chi connectivity index (χ4n) is 3.03. The third-order valence-corrected chi connectivity index (χ3v) is 5.95. The van der Waals surface area contributed by atoms with Crippen LogP contribution in [-0.2, 0) is 4.74 Å². The first-order valence-electron chi connectivity index (χ1n) is 9.13. The summed E-state index contributed by atoms with van der Waals surface area (Å²) in [6.45, 7) is -0.565. The molecule has 0 bridgehead atoms. The molecule has 3 unspecified atom stereocenters. The van der Waals surface area contributed by atoms with Crippen molar-refractivity contribution in [1.29, 1.82) is 5.53 Å². The zero-order valence-corrected chi connectivity index (χ0v) is 17.7. The summed E-state index contributed by atoms with van der Waals surface area (Å²) in [6, 6.07) is 1.77. The number of nitrogens with one attached hydrogen (secondary N) is 2. The molecule has 1 fully saturated rings. The van der Waals surface area contributed by atoms with Crippen LogP contribution in [0.4, 0.5) is 13.2 Å². The average molecular weight is 491 g/mol. The van der Waals surface area contributed by atoms with Gasteiger partial charge < -0.3 is 25.4 Å². The van der Waals surface area contributed by atoms with E-state index in [1.165, 1.54) is 12.4 Å². The van der Waals surface area contributed by atoms with Gasteiger partial charge in [0, 0.05) is 29.1 Å². The highest BCUT2D eigenvalue weighted by atomic mass is 35.5. The van der Waals surface area contributed by atoms with Crippen molar-refractivity contribution in [3.8, 4) is 0 Å². The van der Waals surface area contributed by atoms with E-state index in [1.54, 1.807) is 6.07 Å². The predicted octanol–water partition coefficient (Wildman–Crippen LogP) is 2.67. The van der Waals surface area contributed by atoms with Crippen molar-refractivity contribution in [2.75, 3.05) is 6.61 Å². The SMILES string of the molecule is N=N/C(=C\NC1C(O)[C@@H](Sc2cncc(Cl)c2)OC(CO)[C@@H]1O)c1cc(F)c(F)c(F)c1. The van der Waals surface area contributed by atoms with E-state index >= 15 is 0 Å². The minimum Gasteiger partial charge on any atom is -0.394 e. The molecule has 32 heavy (non-hydrogen) atoms. The topological polar surface area (TPSA) is 131 Å². The summed E-state index contributed by atoms with van der Waals surface area (Å²) in [4.78, 5) is 4.50. The van der Waals surface area contributed by atoms with Gasteiger partial charge in [0.15, 0.2) is 17.5 Å².